The van der Waals surface area contributed by atoms with Gasteiger partial charge in [0.15, 0.2) is 0 Å². The molecule has 4 atom stereocenters. The molecule has 3 aliphatic carbocycles. The Bertz CT molecular complexity index is 1110. The van der Waals surface area contributed by atoms with E-state index in [4.69, 9.17) is 9.84 Å². The van der Waals surface area contributed by atoms with Gasteiger partial charge in [-0.15, -0.1) is 0 Å². The molecule has 0 aliphatic heterocycles. The summed E-state index contributed by atoms with van der Waals surface area (Å²) in [6, 6.07) is 16.1. The Hall–Kier alpha value is -3.61. The number of nitrogens with one attached hydrogen (secondary N) is 2. The lowest BCUT2D eigenvalue weighted by Gasteiger charge is -2.22. The normalized spacial score (nSPS) is 24.6. The first-order valence-electron chi connectivity index (χ1n) is 12.3. The molecule has 2 amide bonds. The van der Waals surface area contributed by atoms with E-state index in [1.807, 2.05) is 24.3 Å². The number of alkyl carbamates (subject to hydrolysis) is 1. The number of carbonyl (C=O) groups is 3. The summed E-state index contributed by atoms with van der Waals surface area (Å²) in [5, 5.41) is 15.0. The highest BCUT2D eigenvalue weighted by Crippen LogP contribution is 2.44. The van der Waals surface area contributed by atoms with Gasteiger partial charge < -0.3 is 20.5 Å². The fourth-order valence-corrected chi connectivity index (χ4v) is 5.76. The maximum Gasteiger partial charge on any atom is 0.407 e. The number of carboxylic acid groups (broad SMARTS) is 1. The molecule has 5 rings (SSSR count). The first-order valence-corrected chi connectivity index (χ1v) is 12.3. The van der Waals surface area contributed by atoms with Crippen molar-refractivity contribution in [3.05, 3.63) is 71.8 Å². The number of hydrogen-bond acceptors (Lipinski definition) is 4. The summed E-state index contributed by atoms with van der Waals surface area (Å²) in [7, 11) is 0. The predicted octanol–water partition coefficient (Wildman–Crippen LogP) is 4.23. The minimum atomic E-state index is -0.874. The summed E-state index contributed by atoms with van der Waals surface area (Å²) < 4.78 is 5.68. The van der Waals surface area contributed by atoms with E-state index in [2.05, 4.69) is 34.9 Å². The second-order valence-corrected chi connectivity index (χ2v) is 9.71. The first-order chi connectivity index (χ1) is 17.0. The standard InChI is InChI=1S/C28H30N2O5/c31-26(29-19-13-12-18(14-19)27(32)33)15-17-6-5-11-25(17)30-28(34)35-16-24-22-9-3-1-7-20(22)21-8-2-4-10-23(21)24/h1-4,7-10,12-13,17-19,24-25H,5-6,11,14-16H2,(H,29,31)(H,30,34)(H,32,33). The van der Waals surface area contributed by atoms with Gasteiger partial charge >= 0.3 is 12.1 Å². The number of ether oxygens (including phenoxy) is 1. The highest BCUT2D eigenvalue weighted by Gasteiger charge is 2.33. The van der Waals surface area contributed by atoms with Gasteiger partial charge in [0, 0.05) is 24.4 Å². The highest BCUT2D eigenvalue weighted by atomic mass is 16.5. The Balaban J connectivity index is 1.13. The van der Waals surface area contributed by atoms with Crippen molar-refractivity contribution in [2.45, 2.75) is 50.1 Å². The number of carbonyl (C=O) groups excluding carboxylic acids is 2. The maximum absolute atomic E-state index is 12.7. The van der Waals surface area contributed by atoms with Crippen molar-refractivity contribution in [2.75, 3.05) is 6.61 Å². The monoisotopic (exact) mass is 474 g/mol. The molecule has 3 N–H and O–H groups in total. The molecule has 7 nitrogen and oxygen atoms in total. The number of amides is 2. The van der Waals surface area contributed by atoms with Crippen molar-refractivity contribution in [1.29, 1.82) is 0 Å². The van der Waals surface area contributed by atoms with Gasteiger partial charge in [0.1, 0.15) is 6.61 Å². The van der Waals surface area contributed by atoms with Crippen LogP contribution in [0.2, 0.25) is 0 Å². The van der Waals surface area contributed by atoms with E-state index in [9.17, 15) is 14.4 Å². The van der Waals surface area contributed by atoms with Crippen LogP contribution in [0.25, 0.3) is 11.1 Å². The molecule has 0 bridgehead atoms. The van der Waals surface area contributed by atoms with Crippen LogP contribution in [0, 0.1) is 11.8 Å². The first kappa shape index (κ1) is 23.1. The maximum atomic E-state index is 12.7. The zero-order valence-corrected chi connectivity index (χ0v) is 19.5. The molecule has 2 aromatic carbocycles. The summed E-state index contributed by atoms with van der Waals surface area (Å²) >= 11 is 0. The quantitative estimate of drug-likeness (QED) is 0.521. The SMILES string of the molecule is O=C(CC1CCCC1NC(=O)OCC1c2ccccc2-c2ccccc21)NC1C=CC(C(=O)O)C1. The van der Waals surface area contributed by atoms with Crippen molar-refractivity contribution in [3.63, 3.8) is 0 Å². The molecule has 182 valence electrons. The second kappa shape index (κ2) is 9.94. The molecule has 0 heterocycles. The smallest absolute Gasteiger partial charge is 0.407 e. The molecule has 0 aromatic heterocycles. The van der Waals surface area contributed by atoms with Crippen LogP contribution in [0.3, 0.4) is 0 Å². The summed E-state index contributed by atoms with van der Waals surface area (Å²) in [6.45, 7) is 0.260. The van der Waals surface area contributed by atoms with Crippen molar-refractivity contribution in [1.82, 2.24) is 10.6 Å². The van der Waals surface area contributed by atoms with E-state index < -0.39 is 18.0 Å². The van der Waals surface area contributed by atoms with Gasteiger partial charge in [-0.25, -0.2) is 4.79 Å². The van der Waals surface area contributed by atoms with E-state index in [0.29, 0.717) is 12.8 Å². The van der Waals surface area contributed by atoms with Crippen molar-refractivity contribution >= 4 is 18.0 Å². The number of benzene rings is 2. The highest BCUT2D eigenvalue weighted by molar-refractivity contribution is 5.79. The largest absolute Gasteiger partial charge is 0.481 e. The van der Waals surface area contributed by atoms with Crippen LogP contribution in [0.5, 0.6) is 0 Å². The minimum Gasteiger partial charge on any atom is -0.481 e. The summed E-state index contributed by atoms with van der Waals surface area (Å²) in [4.78, 5) is 36.4. The minimum absolute atomic E-state index is 0.00685. The molecule has 1 saturated carbocycles. The van der Waals surface area contributed by atoms with Crippen LogP contribution in [0.4, 0.5) is 4.79 Å². The Kier molecular flexibility index (Phi) is 6.57. The molecular weight excluding hydrogens is 444 g/mol. The van der Waals surface area contributed by atoms with Gasteiger partial charge in [0.2, 0.25) is 5.91 Å². The second-order valence-electron chi connectivity index (χ2n) is 9.71. The van der Waals surface area contributed by atoms with Gasteiger partial charge in [0.05, 0.1) is 5.92 Å². The lowest BCUT2D eigenvalue weighted by atomic mass is 9.98. The Morgan fingerprint density at radius 1 is 0.914 bits per heavy atom. The summed E-state index contributed by atoms with van der Waals surface area (Å²) in [6.07, 6.45) is 6.22. The third kappa shape index (κ3) is 4.94. The van der Waals surface area contributed by atoms with Gasteiger partial charge in [-0.1, -0.05) is 67.1 Å². The molecule has 0 saturated heterocycles. The van der Waals surface area contributed by atoms with E-state index in [1.54, 1.807) is 12.2 Å². The van der Waals surface area contributed by atoms with Crippen LogP contribution >= 0.6 is 0 Å². The molecule has 3 aliphatic rings. The molecule has 2 aromatic rings. The zero-order valence-electron chi connectivity index (χ0n) is 19.5. The predicted molar refractivity (Wildman–Crippen MR) is 131 cm³/mol. The van der Waals surface area contributed by atoms with Crippen LogP contribution in [0.1, 0.15) is 49.1 Å². The molecule has 0 radical (unpaired) electrons. The Morgan fingerprint density at radius 3 is 2.26 bits per heavy atom. The number of hydrogen-bond donors (Lipinski definition) is 3. The van der Waals surface area contributed by atoms with Crippen molar-refractivity contribution < 1.29 is 24.2 Å². The van der Waals surface area contributed by atoms with Crippen LogP contribution < -0.4 is 10.6 Å². The van der Waals surface area contributed by atoms with Crippen molar-refractivity contribution in [3.8, 4) is 11.1 Å². The Labute approximate surface area is 204 Å². The third-order valence-electron chi connectivity index (χ3n) is 7.50. The fraction of sp³-hybridized carbons (Fsp3) is 0.393. The lowest BCUT2D eigenvalue weighted by Crippen LogP contribution is -2.41. The average molecular weight is 475 g/mol. The van der Waals surface area contributed by atoms with E-state index >= 15 is 0 Å². The molecule has 4 unspecified atom stereocenters. The van der Waals surface area contributed by atoms with E-state index in [-0.39, 0.29) is 36.4 Å². The molecule has 35 heavy (non-hydrogen) atoms. The van der Waals surface area contributed by atoms with Gasteiger partial charge in [0.25, 0.3) is 0 Å². The third-order valence-corrected chi connectivity index (χ3v) is 7.50. The lowest BCUT2D eigenvalue weighted by molar-refractivity contribution is -0.140. The van der Waals surface area contributed by atoms with E-state index in [0.717, 1.165) is 19.3 Å². The van der Waals surface area contributed by atoms with Gasteiger partial charge in [-0.3, -0.25) is 9.59 Å². The number of rotatable bonds is 7. The molecule has 1 fully saturated rings. The van der Waals surface area contributed by atoms with Gasteiger partial charge in [-0.2, -0.15) is 0 Å². The molecular formula is C28H30N2O5. The van der Waals surface area contributed by atoms with Crippen LogP contribution in [-0.2, 0) is 14.3 Å². The number of carboxylic acids is 1. The summed E-state index contributed by atoms with van der Waals surface area (Å²) in [5.41, 5.74) is 4.71. The topological polar surface area (TPSA) is 105 Å². The van der Waals surface area contributed by atoms with Crippen molar-refractivity contribution in [2.24, 2.45) is 11.8 Å². The van der Waals surface area contributed by atoms with Gasteiger partial charge in [-0.05, 0) is 47.4 Å². The van der Waals surface area contributed by atoms with E-state index in [1.165, 1.54) is 22.3 Å². The average Bonchev–Trinajstić information content (AvgIpc) is 3.56. The summed E-state index contributed by atoms with van der Waals surface area (Å²) in [5.74, 6) is -1.49. The van der Waals surface area contributed by atoms with Crippen LogP contribution in [-0.4, -0.2) is 41.8 Å². The fourth-order valence-electron chi connectivity index (χ4n) is 5.76. The van der Waals surface area contributed by atoms with Crippen LogP contribution in [0.15, 0.2) is 60.7 Å². The number of aliphatic carboxylic acids is 1. The Morgan fingerprint density at radius 2 is 1.60 bits per heavy atom. The number of fused-ring (bicyclic) bond motifs is 3. The molecule has 7 heteroatoms. The molecule has 0 spiro atoms. The zero-order chi connectivity index (χ0) is 24.4.